The van der Waals surface area contributed by atoms with Gasteiger partial charge in [0.05, 0.1) is 0 Å². The zero-order valence-corrected chi connectivity index (χ0v) is 8.85. The Labute approximate surface area is 80.4 Å². The maximum absolute atomic E-state index is 10.9. The van der Waals surface area contributed by atoms with Crippen molar-refractivity contribution in [2.75, 3.05) is 0 Å². The molecule has 1 aromatic rings. The van der Waals surface area contributed by atoms with Crippen LogP contribution in [0.1, 0.15) is 37.5 Å². The molecular weight excluding hydrogens is 160 g/mol. The fourth-order valence-electron chi connectivity index (χ4n) is 1.51. The Balaban J connectivity index is 3.24. The van der Waals surface area contributed by atoms with Crippen LogP contribution < -0.4 is 0 Å². The molecule has 0 heterocycles. The average Bonchev–Trinajstić information content (AvgIpc) is 2.03. The minimum Gasteiger partial charge on any atom is -0.232 e. The van der Waals surface area contributed by atoms with E-state index in [1.54, 1.807) is 0 Å². The highest BCUT2D eigenvalue weighted by atomic mass is 16.3. The SMILES string of the molecule is Cc1ccc(C[O])c(C(C)(C)C)c1. The summed E-state index contributed by atoms with van der Waals surface area (Å²) in [6.45, 7) is 8.36. The lowest BCUT2D eigenvalue weighted by Gasteiger charge is -2.22. The molecule has 1 nitrogen and oxygen atoms in total. The minimum atomic E-state index is -0.118. The largest absolute Gasteiger partial charge is 0.232 e. The summed E-state index contributed by atoms with van der Waals surface area (Å²) in [7, 11) is 0. The van der Waals surface area contributed by atoms with Crippen molar-refractivity contribution in [2.45, 2.75) is 39.7 Å². The molecule has 0 aliphatic heterocycles. The zero-order chi connectivity index (χ0) is 10.1. The summed E-state index contributed by atoms with van der Waals surface area (Å²) in [4.78, 5) is 0. The van der Waals surface area contributed by atoms with Crippen molar-refractivity contribution in [2.24, 2.45) is 0 Å². The molecule has 0 bridgehead atoms. The molecule has 1 rings (SSSR count). The van der Waals surface area contributed by atoms with Gasteiger partial charge in [-0.2, -0.15) is 0 Å². The molecule has 0 aliphatic rings. The molecule has 13 heavy (non-hydrogen) atoms. The van der Waals surface area contributed by atoms with Crippen molar-refractivity contribution >= 4 is 0 Å². The van der Waals surface area contributed by atoms with Gasteiger partial charge in [-0.25, -0.2) is 5.11 Å². The third-order valence-corrected chi connectivity index (χ3v) is 2.23. The van der Waals surface area contributed by atoms with E-state index in [4.69, 9.17) is 0 Å². The second-order valence-corrected chi connectivity index (χ2v) is 4.55. The fraction of sp³-hybridized carbons (Fsp3) is 0.500. The highest BCUT2D eigenvalue weighted by molar-refractivity contribution is 5.35. The van der Waals surface area contributed by atoms with E-state index < -0.39 is 0 Å². The van der Waals surface area contributed by atoms with Crippen molar-refractivity contribution in [3.63, 3.8) is 0 Å². The minimum absolute atomic E-state index is 0.0752. The molecule has 0 saturated heterocycles. The molecular formula is C12H17O. The van der Waals surface area contributed by atoms with Gasteiger partial charge in [-0.3, -0.25) is 0 Å². The summed E-state index contributed by atoms with van der Waals surface area (Å²) < 4.78 is 0. The number of aryl methyl sites for hydroxylation is 1. The molecule has 1 radical (unpaired) electrons. The van der Waals surface area contributed by atoms with Crippen LogP contribution in [0.5, 0.6) is 0 Å². The summed E-state index contributed by atoms with van der Waals surface area (Å²) in [5.74, 6) is 0. The summed E-state index contributed by atoms with van der Waals surface area (Å²) >= 11 is 0. The standard InChI is InChI=1S/C12H17O/c1-9-5-6-10(8-13)11(7-9)12(2,3)4/h5-7H,8H2,1-4H3. The average molecular weight is 177 g/mol. The lowest BCUT2D eigenvalue weighted by atomic mass is 9.83. The van der Waals surface area contributed by atoms with E-state index in [2.05, 4.69) is 33.8 Å². The molecule has 0 spiro atoms. The van der Waals surface area contributed by atoms with Crippen LogP contribution in [0.25, 0.3) is 0 Å². The predicted octanol–water partition coefficient (Wildman–Crippen LogP) is 3.22. The van der Waals surface area contributed by atoms with E-state index in [1.807, 2.05) is 12.1 Å². The van der Waals surface area contributed by atoms with Crippen LogP contribution in [0.15, 0.2) is 18.2 Å². The smallest absolute Gasteiger partial charge is 0.108 e. The van der Waals surface area contributed by atoms with Crippen LogP contribution in [0.3, 0.4) is 0 Å². The number of hydrogen-bond donors (Lipinski definition) is 0. The number of rotatable bonds is 1. The lowest BCUT2D eigenvalue weighted by molar-refractivity contribution is 0.175. The molecule has 0 unspecified atom stereocenters. The Morgan fingerprint density at radius 2 is 1.85 bits per heavy atom. The van der Waals surface area contributed by atoms with Gasteiger partial charge in [0.1, 0.15) is 6.61 Å². The Morgan fingerprint density at radius 3 is 2.31 bits per heavy atom. The molecule has 0 atom stereocenters. The zero-order valence-electron chi connectivity index (χ0n) is 8.85. The summed E-state index contributed by atoms with van der Waals surface area (Å²) in [6.07, 6.45) is 0. The van der Waals surface area contributed by atoms with Gasteiger partial charge in [-0.15, -0.1) is 0 Å². The van der Waals surface area contributed by atoms with Gasteiger partial charge in [-0.1, -0.05) is 44.5 Å². The first kappa shape index (κ1) is 10.3. The molecule has 1 aromatic carbocycles. The quantitative estimate of drug-likeness (QED) is 0.627. The maximum Gasteiger partial charge on any atom is 0.108 e. The maximum atomic E-state index is 10.9. The van der Waals surface area contributed by atoms with Crippen molar-refractivity contribution in [3.05, 3.63) is 34.9 Å². The van der Waals surface area contributed by atoms with Gasteiger partial charge in [0.2, 0.25) is 0 Å². The highest BCUT2D eigenvalue weighted by Crippen LogP contribution is 2.26. The lowest BCUT2D eigenvalue weighted by Crippen LogP contribution is -2.14. The molecule has 0 aliphatic carbocycles. The monoisotopic (exact) mass is 177 g/mol. The molecule has 71 valence electrons. The normalized spacial score (nSPS) is 11.8. The van der Waals surface area contributed by atoms with E-state index in [0.717, 1.165) is 5.56 Å². The van der Waals surface area contributed by atoms with Crippen molar-refractivity contribution in [1.29, 1.82) is 0 Å². The first-order chi connectivity index (χ1) is 5.95. The highest BCUT2D eigenvalue weighted by Gasteiger charge is 2.17. The van der Waals surface area contributed by atoms with Crippen LogP contribution in [0.2, 0.25) is 0 Å². The predicted molar refractivity (Wildman–Crippen MR) is 54.3 cm³/mol. The summed E-state index contributed by atoms with van der Waals surface area (Å²) in [5, 5.41) is 10.9. The van der Waals surface area contributed by atoms with Gasteiger partial charge in [-0.05, 0) is 23.5 Å². The van der Waals surface area contributed by atoms with Crippen LogP contribution in [0, 0.1) is 6.92 Å². The van der Waals surface area contributed by atoms with Gasteiger partial charge < -0.3 is 0 Å². The Kier molecular flexibility index (Phi) is 2.77. The Bertz CT molecular complexity index is 294. The molecule has 0 aromatic heterocycles. The second-order valence-electron chi connectivity index (χ2n) is 4.55. The van der Waals surface area contributed by atoms with E-state index >= 15 is 0 Å². The number of hydrogen-bond acceptors (Lipinski definition) is 0. The van der Waals surface area contributed by atoms with Crippen molar-refractivity contribution < 1.29 is 5.11 Å². The van der Waals surface area contributed by atoms with Crippen LogP contribution in [-0.4, -0.2) is 0 Å². The first-order valence-electron chi connectivity index (χ1n) is 4.63. The second kappa shape index (κ2) is 3.51. The van der Waals surface area contributed by atoms with Gasteiger partial charge >= 0.3 is 0 Å². The molecule has 0 N–H and O–H groups in total. The van der Waals surface area contributed by atoms with Gasteiger partial charge in [0, 0.05) is 0 Å². The third-order valence-electron chi connectivity index (χ3n) is 2.23. The van der Waals surface area contributed by atoms with Crippen LogP contribution >= 0.6 is 0 Å². The Hall–Kier alpha value is -0.820. The first-order valence-corrected chi connectivity index (χ1v) is 4.63. The Morgan fingerprint density at radius 1 is 1.23 bits per heavy atom. The van der Waals surface area contributed by atoms with E-state index in [-0.39, 0.29) is 12.0 Å². The molecule has 0 fully saturated rings. The topological polar surface area (TPSA) is 19.9 Å². The van der Waals surface area contributed by atoms with E-state index in [0.29, 0.717) is 0 Å². The number of benzene rings is 1. The van der Waals surface area contributed by atoms with Crippen molar-refractivity contribution in [3.8, 4) is 0 Å². The third kappa shape index (κ3) is 2.31. The fourth-order valence-corrected chi connectivity index (χ4v) is 1.51. The van der Waals surface area contributed by atoms with Crippen LogP contribution in [-0.2, 0) is 17.1 Å². The van der Waals surface area contributed by atoms with Gasteiger partial charge in [0.25, 0.3) is 0 Å². The van der Waals surface area contributed by atoms with Crippen molar-refractivity contribution in [1.82, 2.24) is 0 Å². The summed E-state index contributed by atoms with van der Waals surface area (Å²) in [5.41, 5.74) is 3.41. The molecule has 0 saturated carbocycles. The molecule has 0 amide bonds. The van der Waals surface area contributed by atoms with Crippen LogP contribution in [0.4, 0.5) is 0 Å². The van der Waals surface area contributed by atoms with Gasteiger partial charge in [0.15, 0.2) is 0 Å². The van der Waals surface area contributed by atoms with E-state index in [1.165, 1.54) is 11.1 Å². The molecule has 1 heteroatoms. The van der Waals surface area contributed by atoms with E-state index in [9.17, 15) is 5.11 Å². The summed E-state index contributed by atoms with van der Waals surface area (Å²) in [6, 6.07) is 6.07.